The number of nitrogens with zero attached hydrogens (tertiary/aromatic N) is 1. The summed E-state index contributed by atoms with van der Waals surface area (Å²) in [6.45, 7) is 5.13. The van der Waals surface area contributed by atoms with E-state index in [1.165, 1.54) is 12.4 Å². The molecule has 88 valence electrons. The third kappa shape index (κ3) is 2.82. The van der Waals surface area contributed by atoms with Crippen LogP contribution >= 0.6 is 0 Å². The summed E-state index contributed by atoms with van der Waals surface area (Å²) >= 11 is 0. The van der Waals surface area contributed by atoms with Crippen molar-refractivity contribution in [3.63, 3.8) is 0 Å². The van der Waals surface area contributed by atoms with Gasteiger partial charge in [0.05, 0.1) is 11.9 Å². The van der Waals surface area contributed by atoms with E-state index in [9.17, 15) is 9.59 Å². The number of aliphatic carboxylic acids is 1. The number of hydrogen-bond acceptors (Lipinski definition) is 3. The lowest BCUT2D eigenvalue weighted by Gasteiger charge is -2.25. The Labute approximate surface area is 93.1 Å². The largest absolute Gasteiger partial charge is 0.481 e. The minimum absolute atomic E-state index is 0.459. The topological polar surface area (TPSA) is 95.1 Å². The summed E-state index contributed by atoms with van der Waals surface area (Å²) in [4.78, 5) is 22.8. The second-order valence-electron chi connectivity index (χ2n) is 4.61. The predicted molar refractivity (Wildman–Crippen MR) is 57.8 cm³/mol. The molecule has 1 atom stereocenters. The Hall–Kier alpha value is -1.85. The molecule has 1 unspecified atom stereocenters. The molecule has 3 N–H and O–H groups in total. The summed E-state index contributed by atoms with van der Waals surface area (Å²) in [5.74, 6) is -2.77. The number of amides is 1. The van der Waals surface area contributed by atoms with E-state index >= 15 is 0 Å². The van der Waals surface area contributed by atoms with Gasteiger partial charge < -0.3 is 10.4 Å². The van der Waals surface area contributed by atoms with Crippen LogP contribution in [0.15, 0.2) is 12.4 Å². The highest BCUT2D eigenvalue weighted by Crippen LogP contribution is 2.27. The molecule has 0 aromatic carbocycles. The first kappa shape index (κ1) is 12.2. The number of hydrogen-bond donors (Lipinski definition) is 3. The fourth-order valence-corrected chi connectivity index (χ4v) is 1.41. The molecule has 0 saturated carbocycles. The molecule has 1 amide bonds. The summed E-state index contributed by atoms with van der Waals surface area (Å²) in [6, 6.07) is 0. The van der Waals surface area contributed by atoms with E-state index in [1.54, 1.807) is 20.8 Å². The smallest absolute Gasteiger partial charge is 0.316 e. The molecule has 0 fully saturated rings. The van der Waals surface area contributed by atoms with Crippen LogP contribution in [0, 0.1) is 11.3 Å². The minimum Gasteiger partial charge on any atom is -0.481 e. The van der Waals surface area contributed by atoms with Crippen molar-refractivity contribution >= 4 is 17.6 Å². The van der Waals surface area contributed by atoms with Crippen molar-refractivity contribution in [3.8, 4) is 0 Å². The van der Waals surface area contributed by atoms with Crippen LogP contribution in [0.2, 0.25) is 0 Å². The fraction of sp³-hybridized carbons (Fsp3) is 0.500. The van der Waals surface area contributed by atoms with Gasteiger partial charge in [0.2, 0.25) is 5.91 Å². The van der Waals surface area contributed by atoms with Gasteiger partial charge in [-0.2, -0.15) is 5.10 Å². The quantitative estimate of drug-likeness (QED) is 0.671. The Bertz CT molecular complexity index is 379. The van der Waals surface area contributed by atoms with Crippen LogP contribution in [0.25, 0.3) is 0 Å². The van der Waals surface area contributed by atoms with E-state index in [1.807, 2.05) is 0 Å². The fourth-order valence-electron chi connectivity index (χ4n) is 1.41. The van der Waals surface area contributed by atoms with Gasteiger partial charge in [-0.25, -0.2) is 0 Å². The van der Waals surface area contributed by atoms with Gasteiger partial charge >= 0.3 is 5.97 Å². The van der Waals surface area contributed by atoms with Gasteiger partial charge in [-0.1, -0.05) is 20.8 Å². The highest BCUT2D eigenvalue weighted by atomic mass is 16.4. The van der Waals surface area contributed by atoms with Crippen LogP contribution in [0.1, 0.15) is 20.8 Å². The first-order valence-corrected chi connectivity index (χ1v) is 4.85. The maximum atomic E-state index is 11.8. The molecule has 0 spiro atoms. The highest BCUT2D eigenvalue weighted by molar-refractivity contribution is 6.04. The van der Waals surface area contributed by atoms with Crippen molar-refractivity contribution in [1.29, 1.82) is 0 Å². The summed E-state index contributed by atoms with van der Waals surface area (Å²) in [7, 11) is 0. The number of carboxylic acid groups (broad SMARTS) is 1. The molecule has 16 heavy (non-hydrogen) atoms. The minimum atomic E-state index is -1.13. The van der Waals surface area contributed by atoms with Crippen LogP contribution in [0.4, 0.5) is 5.69 Å². The zero-order chi connectivity index (χ0) is 12.3. The number of carbonyl (C=O) groups is 2. The average Bonchev–Trinajstić information content (AvgIpc) is 2.52. The molecular weight excluding hydrogens is 210 g/mol. The first-order valence-electron chi connectivity index (χ1n) is 4.85. The summed E-state index contributed by atoms with van der Waals surface area (Å²) in [6.07, 6.45) is 2.90. The van der Waals surface area contributed by atoms with Crippen molar-refractivity contribution in [2.75, 3.05) is 5.32 Å². The molecule has 1 aromatic heterocycles. The van der Waals surface area contributed by atoms with E-state index in [-0.39, 0.29) is 0 Å². The zero-order valence-electron chi connectivity index (χ0n) is 9.44. The van der Waals surface area contributed by atoms with Gasteiger partial charge in [0.25, 0.3) is 0 Å². The lowest BCUT2D eigenvalue weighted by molar-refractivity contribution is -0.149. The third-order valence-corrected chi connectivity index (χ3v) is 2.14. The number of aromatic nitrogens is 2. The van der Waals surface area contributed by atoms with E-state index in [0.29, 0.717) is 5.69 Å². The van der Waals surface area contributed by atoms with Crippen molar-refractivity contribution < 1.29 is 14.7 Å². The number of anilines is 1. The Kier molecular flexibility index (Phi) is 3.31. The molecule has 6 heteroatoms. The van der Waals surface area contributed by atoms with Gasteiger partial charge in [-0.3, -0.25) is 14.7 Å². The van der Waals surface area contributed by atoms with Crippen LogP contribution in [-0.4, -0.2) is 27.2 Å². The van der Waals surface area contributed by atoms with Gasteiger partial charge in [0.1, 0.15) is 5.92 Å². The van der Waals surface area contributed by atoms with Gasteiger partial charge in [0.15, 0.2) is 0 Å². The second-order valence-corrected chi connectivity index (χ2v) is 4.61. The highest BCUT2D eigenvalue weighted by Gasteiger charge is 2.37. The molecule has 0 aliphatic carbocycles. The molecule has 0 aliphatic rings. The normalized spacial score (nSPS) is 13.2. The lowest BCUT2D eigenvalue weighted by atomic mass is 9.80. The van der Waals surface area contributed by atoms with E-state index < -0.39 is 23.2 Å². The maximum Gasteiger partial charge on any atom is 0.316 e. The second kappa shape index (κ2) is 4.34. The van der Waals surface area contributed by atoms with Crippen molar-refractivity contribution in [2.45, 2.75) is 20.8 Å². The molecule has 0 saturated heterocycles. The van der Waals surface area contributed by atoms with Crippen molar-refractivity contribution in [1.82, 2.24) is 10.2 Å². The van der Waals surface area contributed by atoms with Crippen molar-refractivity contribution in [2.24, 2.45) is 11.3 Å². The Morgan fingerprint density at radius 2 is 2.12 bits per heavy atom. The first-order chi connectivity index (χ1) is 7.32. The number of aromatic amines is 1. The number of H-pyrrole nitrogens is 1. The summed E-state index contributed by atoms with van der Waals surface area (Å²) in [5, 5.41) is 17.7. The lowest BCUT2D eigenvalue weighted by Crippen LogP contribution is -2.39. The number of carboxylic acids is 1. The van der Waals surface area contributed by atoms with Gasteiger partial charge in [-0.15, -0.1) is 0 Å². The molecular formula is C10H15N3O3. The summed E-state index contributed by atoms with van der Waals surface area (Å²) in [5.41, 5.74) is -0.180. The molecule has 1 aromatic rings. The molecule has 0 bridgehead atoms. The Morgan fingerprint density at radius 1 is 1.50 bits per heavy atom. The Morgan fingerprint density at radius 3 is 2.50 bits per heavy atom. The number of carbonyl (C=O) groups excluding carboxylic acids is 1. The zero-order valence-corrected chi connectivity index (χ0v) is 9.44. The van der Waals surface area contributed by atoms with Crippen LogP contribution in [0.5, 0.6) is 0 Å². The van der Waals surface area contributed by atoms with E-state index in [2.05, 4.69) is 15.5 Å². The number of rotatable bonds is 3. The molecule has 6 nitrogen and oxygen atoms in total. The summed E-state index contributed by atoms with van der Waals surface area (Å²) < 4.78 is 0. The average molecular weight is 225 g/mol. The van der Waals surface area contributed by atoms with Crippen LogP contribution in [0.3, 0.4) is 0 Å². The van der Waals surface area contributed by atoms with Crippen LogP contribution in [-0.2, 0) is 9.59 Å². The molecule has 0 aliphatic heterocycles. The SMILES string of the molecule is CC(C)(C)C(C(=O)O)C(=O)Nc1cn[nH]c1. The van der Waals surface area contributed by atoms with E-state index in [4.69, 9.17) is 5.11 Å². The van der Waals surface area contributed by atoms with Crippen LogP contribution < -0.4 is 5.32 Å². The predicted octanol–water partition coefficient (Wildman–Crippen LogP) is 1.10. The number of nitrogens with one attached hydrogen (secondary N) is 2. The molecule has 1 heterocycles. The van der Waals surface area contributed by atoms with E-state index in [0.717, 1.165) is 0 Å². The molecule has 0 radical (unpaired) electrons. The van der Waals surface area contributed by atoms with Gasteiger partial charge in [0, 0.05) is 6.20 Å². The molecule has 1 rings (SSSR count). The third-order valence-electron chi connectivity index (χ3n) is 2.14. The van der Waals surface area contributed by atoms with Crippen molar-refractivity contribution in [3.05, 3.63) is 12.4 Å². The Balaban J connectivity index is 2.81. The monoisotopic (exact) mass is 225 g/mol. The standard InChI is InChI=1S/C10H15N3O3/c1-10(2,3)7(9(15)16)8(14)13-6-4-11-12-5-6/h4-5,7H,1-3H3,(H,11,12)(H,13,14)(H,15,16). The maximum absolute atomic E-state index is 11.8. The van der Waals surface area contributed by atoms with Gasteiger partial charge in [-0.05, 0) is 5.41 Å².